The van der Waals surface area contributed by atoms with Crippen LogP contribution in [0.15, 0.2) is 51.6 Å². The molecule has 9 heteroatoms. The summed E-state index contributed by atoms with van der Waals surface area (Å²) in [6, 6.07) is 10.2. The van der Waals surface area contributed by atoms with Gasteiger partial charge in [0, 0.05) is 6.08 Å². The van der Waals surface area contributed by atoms with Gasteiger partial charge in [-0.05, 0) is 46.3 Å². The van der Waals surface area contributed by atoms with Gasteiger partial charge in [-0.25, -0.2) is 4.79 Å². The lowest BCUT2D eigenvalue weighted by atomic mass is 10.2. The highest BCUT2D eigenvalue weighted by Gasteiger charge is 2.28. The van der Waals surface area contributed by atoms with E-state index in [2.05, 4.69) is 21.2 Å². The molecule has 140 valence electrons. The molecule has 0 saturated heterocycles. The summed E-state index contributed by atoms with van der Waals surface area (Å²) >= 11 is 3.13. The molecular weight excluding hydrogens is 422 g/mol. The standard InChI is InChI=1S/C18H14BrNO7/c19-15-7-5-11(26-15)6-8-17(22)25-10-16(21)20-18(23)14-9-24-12-3-1-2-4-13(12)27-14/h1-8,14H,9-10H2,(H,20,21,23)/b8-6+/t14-/m0/s1. The first-order valence-corrected chi connectivity index (χ1v) is 8.63. The van der Waals surface area contributed by atoms with Crippen molar-refractivity contribution in [1.82, 2.24) is 5.32 Å². The van der Waals surface area contributed by atoms with E-state index >= 15 is 0 Å². The normalized spacial score (nSPS) is 15.4. The zero-order valence-corrected chi connectivity index (χ0v) is 15.4. The summed E-state index contributed by atoms with van der Waals surface area (Å²) < 4.78 is 21.4. The van der Waals surface area contributed by atoms with Crippen molar-refractivity contribution in [3.05, 3.63) is 52.9 Å². The second-order valence-electron chi connectivity index (χ2n) is 5.36. The molecule has 3 rings (SSSR count). The fourth-order valence-corrected chi connectivity index (χ4v) is 2.47. The smallest absolute Gasteiger partial charge is 0.331 e. The molecule has 8 nitrogen and oxygen atoms in total. The van der Waals surface area contributed by atoms with E-state index in [0.717, 1.165) is 6.08 Å². The van der Waals surface area contributed by atoms with Crippen molar-refractivity contribution in [1.29, 1.82) is 0 Å². The number of hydrogen-bond acceptors (Lipinski definition) is 7. The fraction of sp³-hybridized carbons (Fsp3) is 0.167. The minimum absolute atomic E-state index is 0.0304. The summed E-state index contributed by atoms with van der Waals surface area (Å²) in [5, 5.41) is 2.10. The molecule has 1 atom stereocenters. The predicted molar refractivity (Wildman–Crippen MR) is 95.9 cm³/mol. The third-order valence-corrected chi connectivity index (χ3v) is 3.81. The number of hydrogen-bond donors (Lipinski definition) is 1. The van der Waals surface area contributed by atoms with E-state index < -0.39 is 30.5 Å². The Morgan fingerprint density at radius 3 is 2.70 bits per heavy atom. The quantitative estimate of drug-likeness (QED) is 0.566. The second-order valence-corrected chi connectivity index (χ2v) is 6.14. The lowest BCUT2D eigenvalue weighted by Crippen LogP contribution is -2.47. The van der Waals surface area contributed by atoms with Gasteiger partial charge in [-0.15, -0.1) is 0 Å². The molecule has 1 aromatic heterocycles. The molecule has 2 heterocycles. The lowest BCUT2D eigenvalue weighted by molar-refractivity contribution is -0.146. The third-order valence-electron chi connectivity index (χ3n) is 3.39. The van der Waals surface area contributed by atoms with Gasteiger partial charge in [0.05, 0.1) is 0 Å². The summed E-state index contributed by atoms with van der Waals surface area (Å²) in [4.78, 5) is 35.4. The number of rotatable bonds is 5. The highest BCUT2D eigenvalue weighted by Crippen LogP contribution is 2.30. The van der Waals surface area contributed by atoms with Crippen LogP contribution in [0.4, 0.5) is 0 Å². The number of furan rings is 1. The SMILES string of the molecule is O=C(COC(=O)/C=C/c1ccc(Br)o1)NC(=O)[C@@H]1COc2ccccc2O1. The van der Waals surface area contributed by atoms with Gasteiger partial charge in [0.2, 0.25) is 6.10 Å². The Morgan fingerprint density at radius 1 is 1.19 bits per heavy atom. The van der Waals surface area contributed by atoms with Gasteiger partial charge in [-0.1, -0.05) is 12.1 Å². The van der Waals surface area contributed by atoms with E-state index in [1.54, 1.807) is 36.4 Å². The molecule has 1 aromatic carbocycles. The van der Waals surface area contributed by atoms with Crippen LogP contribution in [0, 0.1) is 0 Å². The number of fused-ring (bicyclic) bond motifs is 1. The molecule has 2 aromatic rings. The highest BCUT2D eigenvalue weighted by atomic mass is 79.9. The lowest BCUT2D eigenvalue weighted by Gasteiger charge is -2.25. The monoisotopic (exact) mass is 435 g/mol. The number of amides is 2. The van der Waals surface area contributed by atoms with Crippen LogP contribution in [0.2, 0.25) is 0 Å². The molecule has 0 spiro atoms. The number of nitrogens with one attached hydrogen (secondary N) is 1. The summed E-state index contributed by atoms with van der Waals surface area (Å²) in [7, 11) is 0. The van der Waals surface area contributed by atoms with E-state index in [1.807, 2.05) is 0 Å². The molecule has 1 aliphatic heterocycles. The van der Waals surface area contributed by atoms with Gasteiger partial charge >= 0.3 is 5.97 Å². The van der Waals surface area contributed by atoms with Crippen LogP contribution in [0.5, 0.6) is 11.5 Å². The molecule has 0 fully saturated rings. The summed E-state index contributed by atoms with van der Waals surface area (Å²) in [6.45, 7) is -0.641. The van der Waals surface area contributed by atoms with Crippen molar-refractivity contribution in [2.75, 3.05) is 13.2 Å². The largest absolute Gasteiger partial charge is 0.485 e. The van der Waals surface area contributed by atoms with Crippen molar-refractivity contribution >= 4 is 39.8 Å². The predicted octanol–water partition coefficient (Wildman–Crippen LogP) is 2.08. The number of esters is 1. The molecular formula is C18H14BrNO7. The number of carbonyl (C=O) groups excluding carboxylic acids is 3. The van der Waals surface area contributed by atoms with E-state index in [1.165, 1.54) is 6.08 Å². The van der Waals surface area contributed by atoms with E-state index in [9.17, 15) is 14.4 Å². The van der Waals surface area contributed by atoms with Crippen LogP contribution >= 0.6 is 15.9 Å². The van der Waals surface area contributed by atoms with E-state index in [-0.39, 0.29) is 6.61 Å². The van der Waals surface area contributed by atoms with Crippen LogP contribution in [-0.2, 0) is 19.1 Å². The van der Waals surface area contributed by atoms with Gasteiger partial charge in [0.1, 0.15) is 12.4 Å². The number of carbonyl (C=O) groups is 3. The van der Waals surface area contributed by atoms with Gasteiger partial charge in [0.15, 0.2) is 22.8 Å². The highest BCUT2D eigenvalue weighted by molar-refractivity contribution is 9.10. The Labute approximate surface area is 162 Å². The molecule has 1 aliphatic rings. The Morgan fingerprint density at radius 2 is 1.96 bits per heavy atom. The zero-order valence-electron chi connectivity index (χ0n) is 13.8. The van der Waals surface area contributed by atoms with Crippen molar-refractivity contribution < 1.29 is 33.0 Å². The molecule has 0 radical (unpaired) electrons. The summed E-state index contributed by atoms with van der Waals surface area (Å²) in [5.74, 6) is -0.828. The van der Waals surface area contributed by atoms with Crippen molar-refractivity contribution in [2.24, 2.45) is 0 Å². The topological polar surface area (TPSA) is 104 Å². The maximum atomic E-state index is 12.1. The average Bonchev–Trinajstić information content (AvgIpc) is 3.09. The van der Waals surface area contributed by atoms with Crippen LogP contribution in [0.3, 0.4) is 0 Å². The van der Waals surface area contributed by atoms with Crippen LogP contribution in [0.1, 0.15) is 5.76 Å². The Kier molecular flexibility index (Phi) is 5.92. The van der Waals surface area contributed by atoms with Gasteiger partial charge in [-0.2, -0.15) is 0 Å². The number of para-hydroxylation sites is 2. The number of halogens is 1. The zero-order chi connectivity index (χ0) is 19.2. The van der Waals surface area contributed by atoms with Gasteiger partial charge in [0.25, 0.3) is 11.8 Å². The number of ether oxygens (including phenoxy) is 3. The van der Waals surface area contributed by atoms with Crippen molar-refractivity contribution in [3.63, 3.8) is 0 Å². The van der Waals surface area contributed by atoms with E-state index in [4.69, 9.17) is 18.6 Å². The van der Waals surface area contributed by atoms with Crippen LogP contribution < -0.4 is 14.8 Å². The molecule has 0 aliphatic carbocycles. The Bertz CT molecular complexity index is 889. The number of benzene rings is 1. The minimum atomic E-state index is -0.975. The molecule has 0 bridgehead atoms. The Balaban J connectivity index is 1.43. The van der Waals surface area contributed by atoms with Crippen molar-refractivity contribution in [2.45, 2.75) is 6.10 Å². The maximum absolute atomic E-state index is 12.1. The van der Waals surface area contributed by atoms with E-state index in [0.29, 0.717) is 21.9 Å². The first-order valence-electron chi connectivity index (χ1n) is 7.83. The molecule has 2 amide bonds. The van der Waals surface area contributed by atoms with Crippen LogP contribution in [0.25, 0.3) is 6.08 Å². The first kappa shape index (κ1) is 18.7. The minimum Gasteiger partial charge on any atom is -0.485 e. The van der Waals surface area contributed by atoms with Gasteiger partial charge < -0.3 is 18.6 Å². The third kappa shape index (κ3) is 5.20. The fourth-order valence-electron chi connectivity index (χ4n) is 2.16. The Hall–Kier alpha value is -3.07. The van der Waals surface area contributed by atoms with Crippen molar-refractivity contribution in [3.8, 4) is 11.5 Å². The molecule has 1 N–H and O–H groups in total. The molecule has 27 heavy (non-hydrogen) atoms. The first-order chi connectivity index (χ1) is 13.0. The summed E-state index contributed by atoms with van der Waals surface area (Å²) in [5.41, 5.74) is 0. The van der Waals surface area contributed by atoms with Gasteiger partial charge in [-0.3, -0.25) is 14.9 Å². The molecule has 0 unspecified atom stereocenters. The maximum Gasteiger partial charge on any atom is 0.331 e. The second kappa shape index (κ2) is 8.54. The molecule has 0 saturated carbocycles. The summed E-state index contributed by atoms with van der Waals surface area (Å²) in [6.07, 6.45) is 1.52. The average molecular weight is 436 g/mol. The number of imide groups is 1. The van der Waals surface area contributed by atoms with Crippen LogP contribution in [-0.4, -0.2) is 37.1 Å².